The summed E-state index contributed by atoms with van der Waals surface area (Å²) < 4.78 is 1.74. The third kappa shape index (κ3) is 2.88. The summed E-state index contributed by atoms with van der Waals surface area (Å²) in [7, 11) is 0. The Kier molecular flexibility index (Phi) is 3.95. The van der Waals surface area contributed by atoms with Crippen molar-refractivity contribution in [2.24, 2.45) is 0 Å². The number of thioether (sulfide) groups is 1. The molecular weight excluding hydrogens is 344 g/mol. The van der Waals surface area contributed by atoms with Crippen molar-refractivity contribution in [1.29, 1.82) is 0 Å². The van der Waals surface area contributed by atoms with Crippen LogP contribution in [0.4, 0.5) is 0 Å². The lowest BCUT2D eigenvalue weighted by Gasteiger charge is -2.08. The summed E-state index contributed by atoms with van der Waals surface area (Å²) >= 11 is 7.72. The van der Waals surface area contributed by atoms with Gasteiger partial charge in [0.25, 0.3) is 0 Å². The highest BCUT2D eigenvalue weighted by atomic mass is 35.5. The molecule has 4 aromatic rings. The van der Waals surface area contributed by atoms with E-state index in [1.165, 1.54) is 0 Å². The molecule has 0 amide bonds. The van der Waals surface area contributed by atoms with Crippen LogP contribution in [0.1, 0.15) is 17.9 Å². The molecule has 0 bridgehead atoms. The number of H-pyrrole nitrogens is 1. The first-order valence-electron chi connectivity index (χ1n) is 7.35. The van der Waals surface area contributed by atoms with E-state index in [9.17, 15) is 0 Å². The number of nitrogens with zero attached hydrogens (tertiary/aromatic N) is 5. The molecule has 8 heteroatoms. The third-order valence-electron chi connectivity index (χ3n) is 3.58. The van der Waals surface area contributed by atoms with Gasteiger partial charge < -0.3 is 0 Å². The Morgan fingerprint density at radius 1 is 1.17 bits per heavy atom. The molecule has 1 aromatic carbocycles. The first-order chi connectivity index (χ1) is 11.7. The third-order valence-corrected chi connectivity index (χ3v) is 4.88. The van der Waals surface area contributed by atoms with Gasteiger partial charge in [0.1, 0.15) is 5.03 Å². The number of nitrogens with one attached hydrogen (secondary N) is 1. The van der Waals surface area contributed by atoms with Crippen molar-refractivity contribution < 1.29 is 0 Å². The van der Waals surface area contributed by atoms with Crippen molar-refractivity contribution in [2.45, 2.75) is 17.2 Å². The second-order valence-corrected chi connectivity index (χ2v) is 7.05. The molecule has 0 fully saturated rings. The average Bonchev–Trinajstić information content (AvgIpc) is 3.24. The number of fused-ring (bicyclic) bond motifs is 1. The molecule has 0 aliphatic rings. The molecule has 1 atom stereocenters. The molecule has 0 spiro atoms. The molecule has 4 rings (SSSR count). The highest BCUT2D eigenvalue weighted by molar-refractivity contribution is 7.99. The van der Waals surface area contributed by atoms with Crippen LogP contribution in [0, 0.1) is 0 Å². The summed E-state index contributed by atoms with van der Waals surface area (Å²) in [5.74, 6) is 0.671. The minimum absolute atomic E-state index is 0.212. The lowest BCUT2D eigenvalue weighted by atomic mass is 10.2. The maximum absolute atomic E-state index is 6.08. The fourth-order valence-corrected chi connectivity index (χ4v) is 3.47. The predicted molar refractivity (Wildman–Crippen MR) is 94.1 cm³/mol. The van der Waals surface area contributed by atoms with Crippen LogP contribution < -0.4 is 0 Å². The molecule has 3 heterocycles. The van der Waals surface area contributed by atoms with E-state index < -0.39 is 0 Å². The van der Waals surface area contributed by atoms with E-state index in [-0.39, 0.29) is 5.25 Å². The van der Waals surface area contributed by atoms with E-state index in [0.717, 1.165) is 16.3 Å². The van der Waals surface area contributed by atoms with Gasteiger partial charge in [-0.2, -0.15) is 14.7 Å². The summed E-state index contributed by atoms with van der Waals surface area (Å²) in [4.78, 5) is 0. The first kappa shape index (κ1) is 15.2. The Hall–Kier alpha value is -2.38. The minimum Gasteiger partial charge on any atom is -0.281 e. The molecule has 0 aliphatic heterocycles. The van der Waals surface area contributed by atoms with Crippen molar-refractivity contribution in [3.8, 4) is 11.4 Å². The van der Waals surface area contributed by atoms with E-state index in [2.05, 4.69) is 32.4 Å². The zero-order chi connectivity index (χ0) is 16.5. The quantitative estimate of drug-likeness (QED) is 0.559. The molecule has 6 nitrogen and oxygen atoms in total. The summed E-state index contributed by atoms with van der Waals surface area (Å²) in [6.07, 6.45) is 1.75. The molecule has 0 saturated carbocycles. The fourth-order valence-electron chi connectivity index (χ4n) is 2.38. The SMILES string of the molecule is CC(Sc1ccc2nnc(-c3cccc(Cl)c3)n2n1)c1ccn[nH]1. The normalized spacial score (nSPS) is 12.6. The van der Waals surface area contributed by atoms with Crippen LogP contribution in [0.2, 0.25) is 5.02 Å². The fraction of sp³-hybridized carbons (Fsp3) is 0.125. The second kappa shape index (κ2) is 6.26. The number of halogens is 1. The molecule has 120 valence electrons. The predicted octanol–water partition coefficient (Wildman–Crippen LogP) is 4.02. The number of benzene rings is 1. The van der Waals surface area contributed by atoms with Gasteiger partial charge in [0, 0.05) is 27.7 Å². The Bertz CT molecular complexity index is 981. The van der Waals surface area contributed by atoms with Gasteiger partial charge in [0.2, 0.25) is 0 Å². The summed E-state index contributed by atoms with van der Waals surface area (Å²) in [6, 6.07) is 13.3. The number of hydrogen-bond acceptors (Lipinski definition) is 5. The van der Waals surface area contributed by atoms with Crippen molar-refractivity contribution in [3.63, 3.8) is 0 Å². The summed E-state index contributed by atoms with van der Waals surface area (Å²) in [5.41, 5.74) is 2.63. The highest BCUT2D eigenvalue weighted by Crippen LogP contribution is 2.32. The standard InChI is InChI=1S/C16H13ClN6S/c1-10(13-7-8-18-19-13)24-15-6-5-14-20-21-16(23(14)22-15)11-3-2-4-12(17)9-11/h2-10H,1H3,(H,18,19). The lowest BCUT2D eigenvalue weighted by Crippen LogP contribution is -1.98. The average molecular weight is 357 g/mol. The van der Waals surface area contributed by atoms with Crippen LogP contribution in [0.25, 0.3) is 17.0 Å². The van der Waals surface area contributed by atoms with Crippen molar-refractivity contribution >= 4 is 29.0 Å². The molecule has 1 N–H and O–H groups in total. The van der Waals surface area contributed by atoms with Crippen LogP contribution >= 0.6 is 23.4 Å². The number of rotatable bonds is 4. The van der Waals surface area contributed by atoms with Crippen molar-refractivity contribution in [2.75, 3.05) is 0 Å². The minimum atomic E-state index is 0.212. The molecule has 0 saturated heterocycles. The molecular formula is C16H13ClN6S. The number of aromatic nitrogens is 6. The van der Waals surface area contributed by atoms with E-state index in [4.69, 9.17) is 11.6 Å². The zero-order valence-corrected chi connectivity index (χ0v) is 14.3. The molecule has 0 aliphatic carbocycles. The van der Waals surface area contributed by atoms with Crippen molar-refractivity contribution in [3.05, 3.63) is 59.4 Å². The zero-order valence-electron chi connectivity index (χ0n) is 12.7. The maximum Gasteiger partial charge on any atom is 0.185 e. The maximum atomic E-state index is 6.08. The topological polar surface area (TPSA) is 71.8 Å². The van der Waals surface area contributed by atoms with Gasteiger partial charge in [-0.25, -0.2) is 0 Å². The summed E-state index contributed by atoms with van der Waals surface area (Å²) in [5, 5.41) is 21.8. The van der Waals surface area contributed by atoms with Crippen molar-refractivity contribution in [1.82, 2.24) is 30.0 Å². The smallest absolute Gasteiger partial charge is 0.185 e. The Labute approximate surface area is 147 Å². The lowest BCUT2D eigenvalue weighted by molar-refractivity contribution is 0.854. The highest BCUT2D eigenvalue weighted by Gasteiger charge is 2.13. The monoisotopic (exact) mass is 356 g/mol. The van der Waals surface area contributed by atoms with Gasteiger partial charge >= 0.3 is 0 Å². The Balaban J connectivity index is 1.71. The van der Waals surface area contributed by atoms with Gasteiger partial charge in [0.05, 0.1) is 0 Å². The first-order valence-corrected chi connectivity index (χ1v) is 8.61. The largest absolute Gasteiger partial charge is 0.281 e. The number of aromatic amines is 1. The van der Waals surface area contributed by atoms with Gasteiger partial charge in [-0.05, 0) is 37.3 Å². The van der Waals surface area contributed by atoms with Crippen LogP contribution in [-0.2, 0) is 0 Å². The van der Waals surface area contributed by atoms with E-state index in [1.54, 1.807) is 22.5 Å². The van der Waals surface area contributed by atoms with Crippen LogP contribution in [0.5, 0.6) is 0 Å². The van der Waals surface area contributed by atoms with Gasteiger partial charge in [-0.3, -0.25) is 5.10 Å². The molecule has 24 heavy (non-hydrogen) atoms. The van der Waals surface area contributed by atoms with E-state index in [0.29, 0.717) is 16.5 Å². The van der Waals surface area contributed by atoms with Crippen LogP contribution in [0.15, 0.2) is 53.7 Å². The van der Waals surface area contributed by atoms with Crippen LogP contribution in [-0.4, -0.2) is 30.0 Å². The Morgan fingerprint density at radius 3 is 2.88 bits per heavy atom. The van der Waals surface area contributed by atoms with Gasteiger partial charge in [-0.1, -0.05) is 35.5 Å². The summed E-state index contributed by atoms with van der Waals surface area (Å²) in [6.45, 7) is 2.11. The van der Waals surface area contributed by atoms with Crippen LogP contribution in [0.3, 0.4) is 0 Å². The molecule has 0 radical (unpaired) electrons. The molecule has 3 aromatic heterocycles. The number of hydrogen-bond donors (Lipinski definition) is 1. The second-order valence-electron chi connectivity index (χ2n) is 5.25. The molecule has 1 unspecified atom stereocenters. The van der Waals surface area contributed by atoms with E-state index in [1.807, 2.05) is 42.5 Å². The van der Waals surface area contributed by atoms with Gasteiger partial charge in [0.15, 0.2) is 11.5 Å². The van der Waals surface area contributed by atoms with Gasteiger partial charge in [-0.15, -0.1) is 10.2 Å². The van der Waals surface area contributed by atoms with E-state index >= 15 is 0 Å². The Morgan fingerprint density at radius 2 is 2.08 bits per heavy atom.